The van der Waals surface area contributed by atoms with E-state index < -0.39 is 27.4 Å². The van der Waals surface area contributed by atoms with Crippen LogP contribution in [0.2, 0.25) is 0 Å². The van der Waals surface area contributed by atoms with E-state index >= 15 is 0 Å². The van der Waals surface area contributed by atoms with E-state index in [9.17, 15) is 23.5 Å². The van der Waals surface area contributed by atoms with Gasteiger partial charge in [0, 0.05) is 34.1 Å². The predicted molar refractivity (Wildman–Crippen MR) is 100 cm³/mol. The van der Waals surface area contributed by atoms with Crippen LogP contribution in [0.4, 0.5) is 15.9 Å². The Morgan fingerprint density at radius 3 is 2.68 bits per heavy atom. The number of carbonyl (C=O) groups excluding carboxylic acids is 1. The van der Waals surface area contributed by atoms with E-state index in [0.717, 1.165) is 0 Å². The van der Waals surface area contributed by atoms with Gasteiger partial charge in [0.25, 0.3) is 11.6 Å². The first-order chi connectivity index (χ1) is 13.4. The van der Waals surface area contributed by atoms with Crippen LogP contribution in [0.25, 0.3) is 5.69 Å². The summed E-state index contributed by atoms with van der Waals surface area (Å²) < 4.78 is 26.6. The molecule has 2 heterocycles. The summed E-state index contributed by atoms with van der Waals surface area (Å²) in [4.78, 5) is 23.1. The van der Waals surface area contributed by atoms with Gasteiger partial charge in [-0.3, -0.25) is 19.1 Å². The van der Waals surface area contributed by atoms with Gasteiger partial charge in [0.05, 0.1) is 27.8 Å². The Morgan fingerprint density at radius 1 is 1.21 bits per heavy atom. The summed E-state index contributed by atoms with van der Waals surface area (Å²) in [5, 5.41) is 18.1. The molecule has 0 radical (unpaired) electrons. The molecule has 0 unspecified atom stereocenters. The van der Waals surface area contributed by atoms with E-state index in [0.29, 0.717) is 22.8 Å². The molecule has 3 aromatic rings. The molecule has 1 atom stereocenters. The van der Waals surface area contributed by atoms with Crippen LogP contribution < -0.4 is 5.32 Å². The standard InChI is InChI=1S/C18H13FN4O4S/c19-12-4-6-13(7-5-12)22-17(15-9-28(27)10-16(15)21-22)20-18(24)11-2-1-3-14(8-11)23(25)26/h1-8H,9-10H2,(H,20,24)/t28-/m0/s1. The van der Waals surface area contributed by atoms with Gasteiger partial charge < -0.3 is 5.32 Å². The number of carbonyl (C=O) groups is 1. The van der Waals surface area contributed by atoms with E-state index in [2.05, 4.69) is 10.4 Å². The van der Waals surface area contributed by atoms with E-state index in [1.165, 1.54) is 53.2 Å². The average Bonchev–Trinajstić information content (AvgIpc) is 3.19. The summed E-state index contributed by atoms with van der Waals surface area (Å²) in [6, 6.07) is 10.9. The molecule has 1 aliphatic heterocycles. The Kier molecular flexibility index (Phi) is 4.47. The van der Waals surface area contributed by atoms with Crippen LogP contribution in [0.5, 0.6) is 0 Å². The van der Waals surface area contributed by atoms with Crippen molar-refractivity contribution in [2.45, 2.75) is 11.5 Å². The number of benzene rings is 2. The lowest BCUT2D eigenvalue weighted by Gasteiger charge is -2.11. The Balaban J connectivity index is 1.73. The molecule has 0 saturated carbocycles. The zero-order chi connectivity index (χ0) is 19.8. The maximum atomic E-state index is 13.3. The van der Waals surface area contributed by atoms with Gasteiger partial charge in [0.15, 0.2) is 0 Å². The Morgan fingerprint density at radius 2 is 1.96 bits per heavy atom. The zero-order valence-electron chi connectivity index (χ0n) is 14.3. The Hall–Kier alpha value is -3.40. The summed E-state index contributed by atoms with van der Waals surface area (Å²) in [5.41, 5.74) is 1.66. The van der Waals surface area contributed by atoms with Gasteiger partial charge in [-0.25, -0.2) is 9.07 Å². The second-order valence-corrected chi connectivity index (χ2v) is 7.61. The van der Waals surface area contributed by atoms with Crippen LogP contribution in [-0.4, -0.2) is 24.8 Å². The minimum atomic E-state index is -1.11. The molecule has 10 heteroatoms. The van der Waals surface area contributed by atoms with Gasteiger partial charge in [-0.15, -0.1) is 0 Å². The number of hydrogen-bond donors (Lipinski definition) is 1. The van der Waals surface area contributed by atoms with E-state index in [1.807, 2.05) is 0 Å². The summed E-state index contributed by atoms with van der Waals surface area (Å²) in [5.74, 6) is -0.146. The molecular weight excluding hydrogens is 387 g/mol. The molecule has 0 fully saturated rings. The number of nitrogens with zero attached hydrogens (tertiary/aromatic N) is 3. The summed E-state index contributed by atoms with van der Waals surface area (Å²) >= 11 is 0. The highest BCUT2D eigenvalue weighted by Crippen LogP contribution is 2.31. The largest absolute Gasteiger partial charge is 0.306 e. The Labute approximate surface area is 160 Å². The van der Waals surface area contributed by atoms with Crippen molar-refractivity contribution in [1.29, 1.82) is 0 Å². The van der Waals surface area contributed by atoms with Gasteiger partial charge in [-0.2, -0.15) is 5.10 Å². The highest BCUT2D eigenvalue weighted by molar-refractivity contribution is 7.83. The smallest absolute Gasteiger partial charge is 0.270 e. The molecule has 28 heavy (non-hydrogen) atoms. The fourth-order valence-corrected chi connectivity index (χ4v) is 4.23. The lowest BCUT2D eigenvalue weighted by molar-refractivity contribution is -0.384. The number of anilines is 1. The molecule has 0 bridgehead atoms. The molecule has 8 nitrogen and oxygen atoms in total. The van der Waals surface area contributed by atoms with Gasteiger partial charge in [-0.05, 0) is 30.3 Å². The predicted octanol–water partition coefficient (Wildman–Crippen LogP) is 2.93. The monoisotopic (exact) mass is 400 g/mol. The van der Waals surface area contributed by atoms with Crippen molar-refractivity contribution >= 4 is 28.2 Å². The lowest BCUT2D eigenvalue weighted by Crippen LogP contribution is -2.16. The second kappa shape index (κ2) is 6.97. The highest BCUT2D eigenvalue weighted by atomic mass is 32.2. The van der Waals surface area contributed by atoms with Crippen molar-refractivity contribution in [1.82, 2.24) is 9.78 Å². The zero-order valence-corrected chi connectivity index (χ0v) is 15.1. The normalized spacial score (nSPS) is 15.2. The quantitative estimate of drug-likeness (QED) is 0.535. The Bertz CT molecular complexity index is 1130. The minimum absolute atomic E-state index is 0.105. The topological polar surface area (TPSA) is 107 Å². The number of non-ortho nitro benzene ring substituents is 1. The number of halogens is 1. The first-order valence-corrected chi connectivity index (χ1v) is 9.68. The number of nitro groups is 1. The molecule has 1 aliphatic rings. The molecule has 1 amide bonds. The van der Waals surface area contributed by atoms with Gasteiger partial charge in [0.1, 0.15) is 11.6 Å². The van der Waals surface area contributed by atoms with Crippen molar-refractivity contribution in [3.05, 3.63) is 81.3 Å². The maximum Gasteiger partial charge on any atom is 0.270 e. The molecule has 4 rings (SSSR count). The van der Waals surface area contributed by atoms with Crippen LogP contribution >= 0.6 is 0 Å². The third-order valence-corrected chi connectivity index (χ3v) is 5.50. The average molecular weight is 400 g/mol. The van der Waals surface area contributed by atoms with E-state index in [1.54, 1.807) is 0 Å². The number of amides is 1. The molecule has 0 spiro atoms. The fourth-order valence-electron chi connectivity index (χ4n) is 2.97. The van der Waals surface area contributed by atoms with Gasteiger partial charge in [-0.1, -0.05) is 6.07 Å². The summed E-state index contributed by atoms with van der Waals surface area (Å²) in [7, 11) is -1.11. The summed E-state index contributed by atoms with van der Waals surface area (Å²) in [6.07, 6.45) is 0. The van der Waals surface area contributed by atoms with Crippen molar-refractivity contribution in [3.8, 4) is 5.69 Å². The number of fused-ring (bicyclic) bond motifs is 1. The van der Waals surface area contributed by atoms with Crippen LogP contribution in [0.15, 0.2) is 48.5 Å². The third kappa shape index (κ3) is 3.29. The van der Waals surface area contributed by atoms with Crippen molar-refractivity contribution in [2.24, 2.45) is 0 Å². The number of nitrogens with one attached hydrogen (secondary N) is 1. The number of rotatable bonds is 4. The number of nitro benzene ring substituents is 1. The summed E-state index contributed by atoms with van der Waals surface area (Å²) in [6.45, 7) is 0. The van der Waals surface area contributed by atoms with Crippen molar-refractivity contribution in [2.75, 3.05) is 5.32 Å². The van der Waals surface area contributed by atoms with Crippen LogP contribution in [0.1, 0.15) is 21.6 Å². The van der Waals surface area contributed by atoms with Crippen LogP contribution in [0, 0.1) is 15.9 Å². The maximum absolute atomic E-state index is 13.3. The molecule has 0 saturated heterocycles. The van der Waals surface area contributed by atoms with E-state index in [4.69, 9.17) is 0 Å². The van der Waals surface area contributed by atoms with Crippen LogP contribution in [-0.2, 0) is 22.3 Å². The number of aromatic nitrogens is 2. The van der Waals surface area contributed by atoms with Crippen molar-refractivity contribution in [3.63, 3.8) is 0 Å². The highest BCUT2D eigenvalue weighted by Gasteiger charge is 2.28. The minimum Gasteiger partial charge on any atom is -0.306 e. The molecule has 142 valence electrons. The van der Waals surface area contributed by atoms with Gasteiger partial charge >= 0.3 is 0 Å². The number of hydrogen-bond acceptors (Lipinski definition) is 5. The van der Waals surface area contributed by atoms with Crippen molar-refractivity contribution < 1.29 is 18.3 Å². The molecule has 0 aliphatic carbocycles. The van der Waals surface area contributed by atoms with Crippen LogP contribution in [0.3, 0.4) is 0 Å². The molecule has 1 N–H and O–H groups in total. The lowest BCUT2D eigenvalue weighted by atomic mass is 10.2. The first kappa shape index (κ1) is 18.0. The fraction of sp³-hybridized carbons (Fsp3) is 0.111. The molecular formula is C18H13FN4O4S. The van der Waals surface area contributed by atoms with Gasteiger partial charge in [0.2, 0.25) is 0 Å². The molecule has 2 aromatic carbocycles. The first-order valence-electron chi connectivity index (χ1n) is 8.20. The SMILES string of the molecule is O=C(Nc1c2c(nn1-c1ccc(F)cc1)C[S@@](=O)C2)c1cccc([N+](=O)[O-])c1. The van der Waals surface area contributed by atoms with E-state index in [-0.39, 0.29) is 22.8 Å². The third-order valence-electron chi connectivity index (χ3n) is 4.29. The second-order valence-electron chi connectivity index (χ2n) is 6.15. The molecule has 1 aromatic heterocycles.